The molecule has 0 radical (unpaired) electrons. The van der Waals surface area contributed by atoms with Crippen molar-refractivity contribution in [2.75, 3.05) is 19.4 Å². The fraction of sp³-hybridized carbons (Fsp3) is 0.625. The Balaban J connectivity index is 1.86. The Labute approximate surface area is 111 Å². The molecule has 0 heterocycles. The van der Waals surface area contributed by atoms with Gasteiger partial charge < -0.3 is 10.2 Å². The summed E-state index contributed by atoms with van der Waals surface area (Å²) >= 11 is 0. The molecule has 1 aromatic carbocycles. The molecule has 0 unspecified atom stereocenters. The van der Waals surface area contributed by atoms with Gasteiger partial charge in [0, 0.05) is 18.3 Å². The Morgan fingerprint density at radius 2 is 1.67 bits per heavy atom. The fourth-order valence-electron chi connectivity index (χ4n) is 2.71. The lowest BCUT2D eigenvalue weighted by molar-refractivity contribution is 0.361. The third-order valence-electron chi connectivity index (χ3n) is 3.84. The highest BCUT2D eigenvalue weighted by Gasteiger charge is 2.17. The number of rotatable bonds is 4. The molecule has 2 heteroatoms. The predicted molar refractivity (Wildman–Crippen MR) is 78.9 cm³/mol. The van der Waals surface area contributed by atoms with E-state index in [9.17, 15) is 0 Å². The smallest absolute Gasteiger partial charge is 0.0342 e. The highest BCUT2D eigenvalue weighted by Crippen LogP contribution is 2.26. The quantitative estimate of drug-likeness (QED) is 0.870. The van der Waals surface area contributed by atoms with Crippen LogP contribution in [0.1, 0.15) is 38.2 Å². The van der Waals surface area contributed by atoms with Crippen molar-refractivity contribution >= 4 is 5.69 Å². The summed E-state index contributed by atoms with van der Waals surface area (Å²) in [5, 5.41) is 3.67. The monoisotopic (exact) mass is 246 g/mol. The highest BCUT2D eigenvalue weighted by molar-refractivity contribution is 5.45. The van der Waals surface area contributed by atoms with Gasteiger partial charge >= 0.3 is 0 Å². The van der Waals surface area contributed by atoms with Crippen molar-refractivity contribution in [3.05, 3.63) is 29.8 Å². The molecule has 1 saturated carbocycles. The molecule has 1 aromatic rings. The average molecular weight is 246 g/mol. The molecule has 0 spiro atoms. The van der Waals surface area contributed by atoms with Gasteiger partial charge in [-0.15, -0.1) is 0 Å². The summed E-state index contributed by atoms with van der Waals surface area (Å²) in [6, 6.07) is 9.58. The highest BCUT2D eigenvalue weighted by atomic mass is 15.0. The number of anilines is 1. The van der Waals surface area contributed by atoms with E-state index in [1.54, 1.807) is 0 Å². The molecule has 0 saturated heterocycles. The Kier molecular flexibility index (Phi) is 4.65. The van der Waals surface area contributed by atoms with E-state index in [1.807, 2.05) is 0 Å². The molecular formula is C16H26N2. The van der Waals surface area contributed by atoms with Crippen LogP contribution in [0.25, 0.3) is 0 Å². The van der Waals surface area contributed by atoms with Crippen LogP contribution in [0.15, 0.2) is 24.3 Å². The molecule has 0 amide bonds. The minimum Gasteiger partial charge on any atom is -0.382 e. The lowest BCUT2D eigenvalue weighted by atomic mass is 9.87. The SMILES string of the molecule is CC1CCC(Nc2ccc(CN(C)C)cc2)CC1. The van der Waals surface area contributed by atoms with Crippen molar-refractivity contribution in [1.82, 2.24) is 4.90 Å². The molecule has 1 fully saturated rings. The van der Waals surface area contributed by atoms with Gasteiger partial charge in [-0.2, -0.15) is 0 Å². The lowest BCUT2D eigenvalue weighted by Crippen LogP contribution is -2.25. The van der Waals surface area contributed by atoms with E-state index in [-0.39, 0.29) is 0 Å². The molecule has 1 aliphatic carbocycles. The van der Waals surface area contributed by atoms with E-state index in [0.717, 1.165) is 12.5 Å². The van der Waals surface area contributed by atoms with E-state index < -0.39 is 0 Å². The lowest BCUT2D eigenvalue weighted by Gasteiger charge is -2.27. The number of nitrogens with zero attached hydrogens (tertiary/aromatic N) is 1. The van der Waals surface area contributed by atoms with Gasteiger partial charge in [0.2, 0.25) is 0 Å². The maximum Gasteiger partial charge on any atom is 0.0342 e. The Morgan fingerprint density at radius 3 is 2.22 bits per heavy atom. The van der Waals surface area contributed by atoms with Crippen molar-refractivity contribution in [1.29, 1.82) is 0 Å². The van der Waals surface area contributed by atoms with Crippen LogP contribution in [0.4, 0.5) is 5.69 Å². The Hall–Kier alpha value is -1.02. The minimum atomic E-state index is 0.681. The number of nitrogens with one attached hydrogen (secondary N) is 1. The first-order chi connectivity index (χ1) is 8.63. The zero-order chi connectivity index (χ0) is 13.0. The summed E-state index contributed by atoms with van der Waals surface area (Å²) in [5.74, 6) is 0.922. The van der Waals surface area contributed by atoms with E-state index in [1.165, 1.54) is 36.9 Å². The second kappa shape index (κ2) is 6.24. The van der Waals surface area contributed by atoms with Gasteiger partial charge in [-0.3, -0.25) is 0 Å². The molecule has 2 rings (SSSR count). The van der Waals surface area contributed by atoms with Gasteiger partial charge in [0.15, 0.2) is 0 Å². The van der Waals surface area contributed by atoms with Crippen molar-refractivity contribution in [2.24, 2.45) is 5.92 Å². The zero-order valence-corrected chi connectivity index (χ0v) is 11.9. The van der Waals surface area contributed by atoms with Crippen molar-refractivity contribution in [3.63, 3.8) is 0 Å². The minimum absolute atomic E-state index is 0.681. The van der Waals surface area contributed by atoms with E-state index in [0.29, 0.717) is 6.04 Å². The maximum absolute atomic E-state index is 3.67. The van der Waals surface area contributed by atoms with Gasteiger partial charge in [-0.25, -0.2) is 0 Å². The molecule has 0 aliphatic heterocycles. The molecule has 1 N–H and O–H groups in total. The van der Waals surface area contributed by atoms with Crippen LogP contribution >= 0.6 is 0 Å². The first kappa shape index (κ1) is 13.4. The summed E-state index contributed by atoms with van der Waals surface area (Å²) in [7, 11) is 4.21. The first-order valence-electron chi connectivity index (χ1n) is 7.13. The maximum atomic E-state index is 3.67. The zero-order valence-electron chi connectivity index (χ0n) is 11.9. The summed E-state index contributed by atoms with van der Waals surface area (Å²) in [6.45, 7) is 3.38. The molecular weight excluding hydrogens is 220 g/mol. The van der Waals surface area contributed by atoms with Crippen LogP contribution in [0.5, 0.6) is 0 Å². The topological polar surface area (TPSA) is 15.3 Å². The molecule has 0 atom stereocenters. The van der Waals surface area contributed by atoms with Crippen LogP contribution < -0.4 is 5.32 Å². The summed E-state index contributed by atoms with van der Waals surface area (Å²) < 4.78 is 0. The molecule has 100 valence electrons. The predicted octanol–water partition coefficient (Wildman–Crippen LogP) is 3.74. The van der Waals surface area contributed by atoms with E-state index in [4.69, 9.17) is 0 Å². The van der Waals surface area contributed by atoms with E-state index >= 15 is 0 Å². The molecule has 18 heavy (non-hydrogen) atoms. The van der Waals surface area contributed by atoms with E-state index in [2.05, 4.69) is 55.5 Å². The average Bonchev–Trinajstić information content (AvgIpc) is 2.34. The number of hydrogen-bond acceptors (Lipinski definition) is 2. The molecule has 1 aliphatic rings. The summed E-state index contributed by atoms with van der Waals surface area (Å²) in [4.78, 5) is 2.20. The second-order valence-electron chi connectivity index (χ2n) is 6.04. The normalized spacial score (nSPS) is 24.2. The number of hydrogen-bond donors (Lipinski definition) is 1. The van der Waals surface area contributed by atoms with Gasteiger partial charge in [-0.1, -0.05) is 19.1 Å². The second-order valence-corrected chi connectivity index (χ2v) is 6.04. The molecule has 0 aromatic heterocycles. The standard InChI is InChI=1S/C16H26N2/c1-13-4-8-15(9-5-13)17-16-10-6-14(7-11-16)12-18(2)3/h6-7,10-11,13,15,17H,4-5,8-9,12H2,1-3H3. The van der Waals surface area contributed by atoms with Crippen molar-refractivity contribution in [2.45, 2.75) is 45.2 Å². The van der Waals surface area contributed by atoms with Crippen LogP contribution in [0, 0.1) is 5.92 Å². The fourth-order valence-corrected chi connectivity index (χ4v) is 2.71. The van der Waals surface area contributed by atoms with Crippen molar-refractivity contribution < 1.29 is 0 Å². The van der Waals surface area contributed by atoms with Gasteiger partial charge in [0.1, 0.15) is 0 Å². The van der Waals surface area contributed by atoms with Crippen LogP contribution in [-0.2, 0) is 6.54 Å². The summed E-state index contributed by atoms with van der Waals surface area (Å²) in [5.41, 5.74) is 2.65. The third-order valence-corrected chi connectivity index (χ3v) is 3.84. The van der Waals surface area contributed by atoms with Gasteiger partial charge in [0.05, 0.1) is 0 Å². The van der Waals surface area contributed by atoms with Crippen LogP contribution in [0.2, 0.25) is 0 Å². The summed E-state index contributed by atoms with van der Waals surface area (Å²) in [6.07, 6.45) is 5.38. The van der Waals surface area contributed by atoms with Crippen LogP contribution in [-0.4, -0.2) is 25.0 Å². The van der Waals surface area contributed by atoms with Gasteiger partial charge in [0.25, 0.3) is 0 Å². The van der Waals surface area contributed by atoms with Crippen molar-refractivity contribution in [3.8, 4) is 0 Å². The Morgan fingerprint density at radius 1 is 1.06 bits per heavy atom. The molecule has 2 nitrogen and oxygen atoms in total. The Bertz CT molecular complexity index is 348. The largest absolute Gasteiger partial charge is 0.382 e. The van der Waals surface area contributed by atoms with Crippen LogP contribution in [0.3, 0.4) is 0 Å². The van der Waals surface area contributed by atoms with Gasteiger partial charge in [-0.05, 0) is 63.4 Å². The number of benzene rings is 1. The third kappa shape index (κ3) is 4.02. The first-order valence-corrected chi connectivity index (χ1v) is 7.13. The molecule has 0 bridgehead atoms.